The first kappa shape index (κ1) is 15.2. The first-order valence-electron chi connectivity index (χ1n) is 7.01. The summed E-state index contributed by atoms with van der Waals surface area (Å²) in [5, 5.41) is 3.40. The van der Waals surface area contributed by atoms with Crippen LogP contribution in [0.5, 0.6) is 0 Å². The maximum atomic E-state index is 5.46. The van der Waals surface area contributed by atoms with E-state index in [1.165, 1.54) is 0 Å². The number of aromatic nitrogens is 2. The van der Waals surface area contributed by atoms with Crippen molar-refractivity contribution in [3.05, 3.63) is 18.2 Å². The summed E-state index contributed by atoms with van der Waals surface area (Å²) in [5.74, 6) is 0.683. The lowest BCUT2D eigenvalue weighted by atomic mass is 10.2. The minimum Gasteiger partial charge on any atom is -0.381 e. The van der Waals surface area contributed by atoms with Crippen LogP contribution >= 0.6 is 0 Å². The second-order valence-corrected chi connectivity index (χ2v) is 5.09. The van der Waals surface area contributed by atoms with Crippen LogP contribution < -0.4 is 5.32 Å². The molecule has 1 aromatic heterocycles. The van der Waals surface area contributed by atoms with Gasteiger partial charge < -0.3 is 14.6 Å². The SMILES string of the molecule is CCCOCCCn1cnc(CNCC(C)C)c1. The van der Waals surface area contributed by atoms with Crippen LogP contribution in [0.3, 0.4) is 0 Å². The fourth-order valence-electron chi connectivity index (χ4n) is 1.70. The standard InChI is InChI=1S/C14H27N3O/c1-4-7-18-8-5-6-17-11-14(16-12-17)10-15-9-13(2)3/h11-13,15H,4-10H2,1-3H3. The van der Waals surface area contributed by atoms with Gasteiger partial charge >= 0.3 is 0 Å². The van der Waals surface area contributed by atoms with Crippen molar-refractivity contribution in [2.45, 2.75) is 46.7 Å². The normalized spacial score (nSPS) is 11.3. The highest BCUT2D eigenvalue weighted by Crippen LogP contribution is 1.99. The Morgan fingerprint density at radius 1 is 1.39 bits per heavy atom. The number of nitrogens with zero attached hydrogens (tertiary/aromatic N) is 2. The van der Waals surface area contributed by atoms with E-state index in [2.05, 4.69) is 41.8 Å². The van der Waals surface area contributed by atoms with Gasteiger partial charge in [0, 0.05) is 32.5 Å². The number of hydrogen-bond acceptors (Lipinski definition) is 3. The van der Waals surface area contributed by atoms with E-state index < -0.39 is 0 Å². The Morgan fingerprint density at radius 2 is 2.22 bits per heavy atom. The molecule has 0 bridgehead atoms. The first-order valence-corrected chi connectivity index (χ1v) is 7.01. The van der Waals surface area contributed by atoms with Gasteiger partial charge in [0.15, 0.2) is 0 Å². The molecule has 104 valence electrons. The summed E-state index contributed by atoms with van der Waals surface area (Å²) in [6, 6.07) is 0. The quantitative estimate of drug-likeness (QED) is 0.651. The van der Waals surface area contributed by atoms with Gasteiger partial charge in [-0.05, 0) is 25.3 Å². The molecule has 18 heavy (non-hydrogen) atoms. The van der Waals surface area contributed by atoms with Crippen molar-refractivity contribution < 1.29 is 4.74 Å². The van der Waals surface area contributed by atoms with Crippen molar-refractivity contribution in [2.75, 3.05) is 19.8 Å². The highest BCUT2D eigenvalue weighted by molar-refractivity contribution is 4.96. The van der Waals surface area contributed by atoms with E-state index in [-0.39, 0.29) is 0 Å². The Morgan fingerprint density at radius 3 is 2.94 bits per heavy atom. The third-order valence-corrected chi connectivity index (χ3v) is 2.60. The zero-order valence-corrected chi connectivity index (χ0v) is 12.0. The molecule has 0 aliphatic carbocycles. The minimum absolute atomic E-state index is 0.683. The van der Waals surface area contributed by atoms with Gasteiger partial charge in [0.2, 0.25) is 0 Å². The average molecular weight is 253 g/mol. The summed E-state index contributed by atoms with van der Waals surface area (Å²) >= 11 is 0. The molecular formula is C14H27N3O. The lowest BCUT2D eigenvalue weighted by Gasteiger charge is -2.05. The fourth-order valence-corrected chi connectivity index (χ4v) is 1.70. The van der Waals surface area contributed by atoms with Crippen LogP contribution in [0.15, 0.2) is 12.5 Å². The summed E-state index contributed by atoms with van der Waals surface area (Å²) in [6.07, 6.45) is 6.17. The van der Waals surface area contributed by atoms with Crippen molar-refractivity contribution in [3.8, 4) is 0 Å². The minimum atomic E-state index is 0.683. The molecule has 4 nitrogen and oxygen atoms in total. The smallest absolute Gasteiger partial charge is 0.0949 e. The topological polar surface area (TPSA) is 39.1 Å². The second-order valence-electron chi connectivity index (χ2n) is 5.09. The van der Waals surface area contributed by atoms with Crippen molar-refractivity contribution in [1.29, 1.82) is 0 Å². The average Bonchev–Trinajstić information content (AvgIpc) is 2.76. The van der Waals surface area contributed by atoms with Gasteiger partial charge in [0.05, 0.1) is 12.0 Å². The van der Waals surface area contributed by atoms with Crippen molar-refractivity contribution >= 4 is 0 Å². The molecule has 0 fully saturated rings. The van der Waals surface area contributed by atoms with Crippen LogP contribution in [-0.4, -0.2) is 29.3 Å². The van der Waals surface area contributed by atoms with Crippen molar-refractivity contribution in [2.24, 2.45) is 5.92 Å². The Kier molecular flexibility index (Phi) is 7.69. The predicted octanol–water partition coefficient (Wildman–Crippen LogP) is 2.45. The van der Waals surface area contributed by atoms with Gasteiger partial charge in [-0.3, -0.25) is 0 Å². The molecule has 1 heterocycles. The fraction of sp³-hybridized carbons (Fsp3) is 0.786. The van der Waals surface area contributed by atoms with E-state index in [1.54, 1.807) is 0 Å². The molecule has 0 atom stereocenters. The van der Waals surface area contributed by atoms with Crippen LogP contribution in [-0.2, 0) is 17.8 Å². The maximum absolute atomic E-state index is 5.46. The van der Waals surface area contributed by atoms with Crippen LogP contribution in [0.1, 0.15) is 39.3 Å². The molecule has 0 aliphatic rings. The van der Waals surface area contributed by atoms with E-state index in [0.717, 1.165) is 51.4 Å². The molecule has 0 spiro atoms. The van der Waals surface area contributed by atoms with Crippen molar-refractivity contribution in [1.82, 2.24) is 14.9 Å². The van der Waals surface area contributed by atoms with Crippen LogP contribution in [0.25, 0.3) is 0 Å². The van der Waals surface area contributed by atoms with Gasteiger partial charge in [-0.15, -0.1) is 0 Å². The molecule has 0 aliphatic heterocycles. The molecule has 0 amide bonds. The summed E-state index contributed by atoms with van der Waals surface area (Å²) in [4.78, 5) is 4.39. The summed E-state index contributed by atoms with van der Waals surface area (Å²) < 4.78 is 7.60. The van der Waals surface area contributed by atoms with Gasteiger partial charge in [0.25, 0.3) is 0 Å². The van der Waals surface area contributed by atoms with Crippen LogP contribution in [0.2, 0.25) is 0 Å². The molecule has 4 heteroatoms. The molecule has 0 saturated heterocycles. The van der Waals surface area contributed by atoms with Gasteiger partial charge in [-0.25, -0.2) is 4.98 Å². The maximum Gasteiger partial charge on any atom is 0.0949 e. The lowest BCUT2D eigenvalue weighted by Crippen LogP contribution is -2.19. The van der Waals surface area contributed by atoms with E-state index >= 15 is 0 Å². The van der Waals surface area contributed by atoms with E-state index in [4.69, 9.17) is 4.74 Å². The zero-order valence-electron chi connectivity index (χ0n) is 12.0. The highest BCUT2D eigenvalue weighted by atomic mass is 16.5. The van der Waals surface area contributed by atoms with Gasteiger partial charge in [-0.1, -0.05) is 20.8 Å². The summed E-state index contributed by atoms with van der Waals surface area (Å²) in [7, 11) is 0. The lowest BCUT2D eigenvalue weighted by molar-refractivity contribution is 0.129. The van der Waals surface area contributed by atoms with Gasteiger partial charge in [0.1, 0.15) is 0 Å². The molecule has 0 radical (unpaired) electrons. The number of ether oxygens (including phenoxy) is 1. The molecular weight excluding hydrogens is 226 g/mol. The first-order chi connectivity index (χ1) is 8.72. The molecule has 1 N–H and O–H groups in total. The molecule has 1 aromatic rings. The van der Waals surface area contributed by atoms with Crippen LogP contribution in [0.4, 0.5) is 0 Å². The third kappa shape index (κ3) is 6.77. The Balaban J connectivity index is 2.13. The van der Waals surface area contributed by atoms with Crippen molar-refractivity contribution in [3.63, 3.8) is 0 Å². The second kappa shape index (κ2) is 9.11. The van der Waals surface area contributed by atoms with E-state index in [0.29, 0.717) is 5.92 Å². The molecule has 0 aromatic carbocycles. The highest BCUT2D eigenvalue weighted by Gasteiger charge is 1.99. The van der Waals surface area contributed by atoms with Crippen LogP contribution in [0, 0.1) is 5.92 Å². The third-order valence-electron chi connectivity index (χ3n) is 2.60. The van der Waals surface area contributed by atoms with Gasteiger partial charge in [-0.2, -0.15) is 0 Å². The number of aryl methyl sites for hydroxylation is 1. The Hall–Kier alpha value is -0.870. The molecule has 0 unspecified atom stereocenters. The van der Waals surface area contributed by atoms with E-state index in [9.17, 15) is 0 Å². The Bertz CT molecular complexity index is 310. The predicted molar refractivity (Wildman–Crippen MR) is 74.5 cm³/mol. The number of nitrogens with one attached hydrogen (secondary N) is 1. The number of rotatable bonds is 10. The molecule has 0 saturated carbocycles. The zero-order chi connectivity index (χ0) is 13.2. The number of imidazole rings is 1. The summed E-state index contributed by atoms with van der Waals surface area (Å²) in [6.45, 7) is 11.1. The summed E-state index contributed by atoms with van der Waals surface area (Å²) in [5.41, 5.74) is 1.12. The molecule has 1 rings (SSSR count). The van der Waals surface area contributed by atoms with E-state index in [1.807, 2.05) is 6.33 Å². The monoisotopic (exact) mass is 253 g/mol. The largest absolute Gasteiger partial charge is 0.381 e. The number of hydrogen-bond donors (Lipinski definition) is 1. The Labute approximate surface area is 111 Å².